The molecule has 190 valence electrons. The van der Waals surface area contributed by atoms with Gasteiger partial charge in [-0.3, -0.25) is 9.59 Å². The smallest absolute Gasteiger partial charge is 0.282 e. The molecule has 0 spiro atoms. The zero-order chi connectivity index (χ0) is 24.9. The number of nitrogens with zero attached hydrogens (tertiary/aromatic N) is 3. The number of amides is 2. The number of piperazine rings is 1. The van der Waals surface area contributed by atoms with E-state index < -0.39 is 16.3 Å². The predicted molar refractivity (Wildman–Crippen MR) is 127 cm³/mol. The van der Waals surface area contributed by atoms with Crippen LogP contribution in [0.15, 0.2) is 30.3 Å². The second-order valence-electron chi connectivity index (χ2n) is 9.20. The first-order valence-corrected chi connectivity index (χ1v) is 13.1. The summed E-state index contributed by atoms with van der Waals surface area (Å²) < 4.78 is 40.2. The molecule has 2 aliphatic rings. The van der Waals surface area contributed by atoms with Gasteiger partial charge >= 0.3 is 0 Å². The molecule has 3 atom stereocenters. The molecule has 0 aliphatic carbocycles. The van der Waals surface area contributed by atoms with Gasteiger partial charge in [-0.1, -0.05) is 32.0 Å². The van der Waals surface area contributed by atoms with Crippen LogP contribution in [-0.4, -0.2) is 97.9 Å². The van der Waals surface area contributed by atoms with Gasteiger partial charge in [-0.15, -0.1) is 0 Å². The maximum atomic E-state index is 13.2. The Morgan fingerprint density at radius 2 is 1.62 bits per heavy atom. The molecule has 2 amide bonds. The zero-order valence-corrected chi connectivity index (χ0v) is 21.2. The molecule has 2 aliphatic heterocycles. The van der Waals surface area contributed by atoms with Crippen LogP contribution in [0.3, 0.4) is 0 Å². The molecule has 10 nitrogen and oxygen atoms in total. The van der Waals surface area contributed by atoms with E-state index in [2.05, 4.69) is 5.32 Å². The maximum absolute atomic E-state index is 13.2. The highest BCUT2D eigenvalue weighted by Gasteiger charge is 2.38. The average molecular weight is 497 g/mol. The number of morpholine rings is 1. The van der Waals surface area contributed by atoms with Crippen LogP contribution in [0, 0.1) is 5.92 Å². The Labute approximate surface area is 202 Å². The molecule has 0 radical (unpaired) electrons. The Morgan fingerprint density at radius 1 is 1.03 bits per heavy atom. The molecule has 1 N–H and O–H groups in total. The van der Waals surface area contributed by atoms with Crippen LogP contribution >= 0.6 is 0 Å². The van der Waals surface area contributed by atoms with Crippen LogP contribution in [0.2, 0.25) is 0 Å². The summed E-state index contributed by atoms with van der Waals surface area (Å²) >= 11 is 0. The number of rotatable bonds is 8. The average Bonchev–Trinajstić information content (AvgIpc) is 2.80. The van der Waals surface area contributed by atoms with Crippen molar-refractivity contribution in [1.82, 2.24) is 18.8 Å². The third kappa shape index (κ3) is 6.68. The number of nitrogens with one attached hydrogen (secondary N) is 1. The SMILES string of the molecule is CC1CN(S(=O)(=O)N2CCN(C(=O)C(NC(=O)COc3ccccc3)C(C)C)CC2)CC(C)O1. The van der Waals surface area contributed by atoms with Crippen molar-refractivity contribution in [2.24, 2.45) is 5.92 Å². The van der Waals surface area contributed by atoms with Gasteiger partial charge in [-0.05, 0) is 31.9 Å². The summed E-state index contributed by atoms with van der Waals surface area (Å²) in [6.07, 6.45) is -0.328. The summed E-state index contributed by atoms with van der Waals surface area (Å²) in [7, 11) is -3.63. The van der Waals surface area contributed by atoms with Crippen molar-refractivity contribution in [3.05, 3.63) is 30.3 Å². The molecule has 2 saturated heterocycles. The second kappa shape index (κ2) is 11.5. The Bertz CT molecular complexity index is 924. The molecule has 3 rings (SSSR count). The lowest BCUT2D eigenvalue weighted by atomic mass is 10.0. The fraction of sp³-hybridized carbons (Fsp3) is 0.652. The van der Waals surface area contributed by atoms with E-state index in [1.54, 1.807) is 17.0 Å². The molecule has 0 bridgehead atoms. The van der Waals surface area contributed by atoms with Crippen LogP contribution in [-0.2, 0) is 24.5 Å². The van der Waals surface area contributed by atoms with E-state index in [9.17, 15) is 18.0 Å². The second-order valence-corrected chi connectivity index (χ2v) is 11.1. The Kier molecular flexibility index (Phi) is 8.91. The first-order chi connectivity index (χ1) is 16.1. The lowest BCUT2D eigenvalue weighted by molar-refractivity contribution is -0.139. The maximum Gasteiger partial charge on any atom is 0.282 e. The van der Waals surface area contributed by atoms with E-state index in [1.807, 2.05) is 45.9 Å². The summed E-state index contributed by atoms with van der Waals surface area (Å²) in [4.78, 5) is 27.2. The molecule has 1 aromatic rings. The van der Waals surface area contributed by atoms with Gasteiger partial charge in [0.15, 0.2) is 6.61 Å². The lowest BCUT2D eigenvalue weighted by Crippen LogP contribution is -2.60. The first-order valence-electron chi connectivity index (χ1n) is 11.7. The highest BCUT2D eigenvalue weighted by atomic mass is 32.2. The minimum Gasteiger partial charge on any atom is -0.484 e. The minimum absolute atomic E-state index is 0.133. The van der Waals surface area contributed by atoms with Gasteiger partial charge in [-0.25, -0.2) is 0 Å². The van der Waals surface area contributed by atoms with Gasteiger partial charge in [0.1, 0.15) is 11.8 Å². The molecule has 0 aromatic heterocycles. The monoisotopic (exact) mass is 496 g/mol. The molecular weight excluding hydrogens is 460 g/mol. The summed E-state index contributed by atoms with van der Waals surface area (Å²) in [6, 6.07) is 8.28. The minimum atomic E-state index is -3.63. The summed E-state index contributed by atoms with van der Waals surface area (Å²) in [5.41, 5.74) is 0. The van der Waals surface area contributed by atoms with Gasteiger partial charge in [0.25, 0.3) is 16.1 Å². The summed E-state index contributed by atoms with van der Waals surface area (Å²) in [5.74, 6) is -0.154. The number of ether oxygens (including phenoxy) is 2. The summed E-state index contributed by atoms with van der Waals surface area (Å²) in [6.45, 7) is 8.86. The molecule has 11 heteroatoms. The topological polar surface area (TPSA) is 108 Å². The van der Waals surface area contributed by atoms with Crippen molar-refractivity contribution in [3.8, 4) is 5.75 Å². The van der Waals surface area contributed by atoms with E-state index in [0.29, 0.717) is 18.8 Å². The number of carbonyl (C=O) groups is 2. The Balaban J connectivity index is 1.54. The third-order valence-electron chi connectivity index (χ3n) is 5.95. The Hall–Kier alpha value is -2.21. The van der Waals surface area contributed by atoms with Crippen molar-refractivity contribution in [2.75, 3.05) is 45.9 Å². The van der Waals surface area contributed by atoms with Crippen LogP contribution in [0.5, 0.6) is 5.75 Å². The van der Waals surface area contributed by atoms with Crippen molar-refractivity contribution in [3.63, 3.8) is 0 Å². The highest BCUT2D eigenvalue weighted by molar-refractivity contribution is 7.86. The van der Waals surface area contributed by atoms with Gasteiger partial charge in [0.05, 0.1) is 12.2 Å². The Morgan fingerprint density at radius 3 is 2.18 bits per heavy atom. The quantitative estimate of drug-likeness (QED) is 0.568. The molecule has 3 unspecified atom stereocenters. The number of hydrogen-bond donors (Lipinski definition) is 1. The van der Waals surface area contributed by atoms with Crippen LogP contribution < -0.4 is 10.1 Å². The largest absolute Gasteiger partial charge is 0.484 e. The van der Waals surface area contributed by atoms with Crippen molar-refractivity contribution < 1.29 is 27.5 Å². The zero-order valence-electron chi connectivity index (χ0n) is 20.3. The van der Waals surface area contributed by atoms with Gasteiger partial charge in [0.2, 0.25) is 5.91 Å². The summed E-state index contributed by atoms with van der Waals surface area (Å²) in [5, 5.41) is 2.78. The molecular formula is C23H36N4O6S. The van der Waals surface area contributed by atoms with E-state index in [1.165, 1.54) is 8.61 Å². The van der Waals surface area contributed by atoms with Crippen LogP contribution in [0.25, 0.3) is 0 Å². The van der Waals surface area contributed by atoms with E-state index in [4.69, 9.17) is 9.47 Å². The predicted octanol–water partition coefficient (Wildman–Crippen LogP) is 0.704. The molecule has 2 fully saturated rings. The van der Waals surface area contributed by atoms with E-state index in [0.717, 1.165) is 0 Å². The van der Waals surface area contributed by atoms with E-state index >= 15 is 0 Å². The van der Waals surface area contributed by atoms with Crippen molar-refractivity contribution in [2.45, 2.75) is 45.9 Å². The van der Waals surface area contributed by atoms with Gasteiger partial charge in [-0.2, -0.15) is 17.0 Å². The first kappa shape index (κ1) is 26.4. The van der Waals surface area contributed by atoms with Gasteiger partial charge in [0, 0.05) is 39.3 Å². The number of carbonyl (C=O) groups excluding carboxylic acids is 2. The fourth-order valence-electron chi connectivity index (χ4n) is 4.21. The number of hydrogen-bond acceptors (Lipinski definition) is 6. The molecule has 1 aromatic carbocycles. The van der Waals surface area contributed by atoms with Crippen LogP contribution in [0.4, 0.5) is 0 Å². The normalized spacial score (nSPS) is 23.5. The van der Waals surface area contributed by atoms with Crippen molar-refractivity contribution in [1.29, 1.82) is 0 Å². The van der Waals surface area contributed by atoms with E-state index in [-0.39, 0.29) is 62.7 Å². The highest BCUT2D eigenvalue weighted by Crippen LogP contribution is 2.19. The van der Waals surface area contributed by atoms with Gasteiger partial charge < -0.3 is 19.7 Å². The molecule has 0 saturated carbocycles. The third-order valence-corrected chi connectivity index (χ3v) is 7.92. The standard InChI is InChI=1S/C23H36N4O6S/c1-17(2)22(24-21(28)16-32-20-8-6-5-7-9-20)23(29)25-10-12-26(13-11-25)34(30,31)27-14-18(3)33-19(4)15-27/h5-9,17-19,22H,10-16H2,1-4H3,(H,24,28). The molecule has 34 heavy (non-hydrogen) atoms. The van der Waals surface area contributed by atoms with Crippen LogP contribution in [0.1, 0.15) is 27.7 Å². The number of benzene rings is 1. The molecule has 2 heterocycles. The lowest BCUT2D eigenvalue weighted by Gasteiger charge is -2.41. The number of para-hydroxylation sites is 1. The van der Waals surface area contributed by atoms with Crippen molar-refractivity contribution >= 4 is 22.0 Å². The fourth-order valence-corrected chi connectivity index (χ4v) is 5.96.